The van der Waals surface area contributed by atoms with Crippen LogP contribution in [0.2, 0.25) is 0 Å². The maximum Gasteiger partial charge on any atom is 0.170 e. The molecule has 1 rings (SSSR count). The Bertz CT molecular complexity index is 289. The van der Waals surface area contributed by atoms with Crippen LogP contribution in [-0.4, -0.2) is 16.3 Å². The Morgan fingerprint density at radius 2 is 1.83 bits per heavy atom. The molecule has 0 bridgehead atoms. The average molecular weight is 164 g/mol. The van der Waals surface area contributed by atoms with E-state index in [-0.39, 0.29) is 5.41 Å². The summed E-state index contributed by atoms with van der Waals surface area (Å²) in [6, 6.07) is 0. The molecule has 0 N–H and O–H groups in total. The van der Waals surface area contributed by atoms with Gasteiger partial charge in [-0.3, -0.25) is 9.78 Å². The van der Waals surface area contributed by atoms with Crippen LogP contribution >= 0.6 is 0 Å². The molecule has 0 radical (unpaired) electrons. The summed E-state index contributed by atoms with van der Waals surface area (Å²) in [6.07, 6.45) is 3.88. The van der Waals surface area contributed by atoms with E-state index in [1.165, 1.54) is 6.20 Å². The van der Waals surface area contributed by atoms with Crippen molar-refractivity contribution in [1.29, 1.82) is 0 Å². The highest BCUT2D eigenvalue weighted by atomic mass is 16.1. The lowest BCUT2D eigenvalue weighted by molar-refractivity contribution is 0.111. The molecule has 0 aliphatic carbocycles. The second kappa shape index (κ2) is 3.01. The van der Waals surface area contributed by atoms with Crippen molar-refractivity contribution in [3.05, 3.63) is 23.8 Å². The van der Waals surface area contributed by atoms with Crippen molar-refractivity contribution < 1.29 is 4.79 Å². The summed E-state index contributed by atoms with van der Waals surface area (Å²) in [4.78, 5) is 18.6. The molecule has 0 saturated carbocycles. The first-order chi connectivity index (χ1) is 5.55. The van der Waals surface area contributed by atoms with Crippen molar-refractivity contribution in [2.24, 2.45) is 0 Å². The van der Waals surface area contributed by atoms with Gasteiger partial charge in [-0.05, 0) is 0 Å². The first kappa shape index (κ1) is 8.84. The molecule has 1 aromatic rings. The zero-order chi connectivity index (χ0) is 9.19. The summed E-state index contributed by atoms with van der Waals surface area (Å²) in [6.45, 7) is 6.01. The van der Waals surface area contributed by atoms with E-state index in [0.717, 1.165) is 12.0 Å². The number of hydrogen-bond donors (Lipinski definition) is 0. The molecule has 0 fully saturated rings. The van der Waals surface area contributed by atoms with E-state index in [1.54, 1.807) is 6.20 Å². The minimum absolute atomic E-state index is 0.121. The molecule has 3 heteroatoms. The summed E-state index contributed by atoms with van der Waals surface area (Å²) in [5, 5.41) is 0. The summed E-state index contributed by atoms with van der Waals surface area (Å²) in [7, 11) is 0. The van der Waals surface area contributed by atoms with Crippen molar-refractivity contribution in [2.75, 3.05) is 0 Å². The van der Waals surface area contributed by atoms with Crippen molar-refractivity contribution in [1.82, 2.24) is 9.97 Å². The third-order valence-corrected chi connectivity index (χ3v) is 1.55. The largest absolute Gasteiger partial charge is 0.296 e. The molecular formula is C9H12N2O. The summed E-state index contributed by atoms with van der Waals surface area (Å²) >= 11 is 0. The summed E-state index contributed by atoms with van der Waals surface area (Å²) < 4.78 is 0. The Kier molecular flexibility index (Phi) is 2.22. The molecule has 0 aliphatic heterocycles. The Balaban J connectivity index is 3.23. The molecule has 0 unspecified atom stereocenters. The monoisotopic (exact) mass is 164 g/mol. The molecule has 12 heavy (non-hydrogen) atoms. The molecule has 1 heterocycles. The van der Waals surface area contributed by atoms with Gasteiger partial charge in [0, 0.05) is 17.8 Å². The smallest absolute Gasteiger partial charge is 0.170 e. The summed E-state index contributed by atoms with van der Waals surface area (Å²) in [5.74, 6) is 0. The van der Waals surface area contributed by atoms with Gasteiger partial charge in [-0.1, -0.05) is 20.8 Å². The quantitative estimate of drug-likeness (QED) is 0.592. The molecule has 3 nitrogen and oxygen atoms in total. The highest BCUT2D eigenvalue weighted by molar-refractivity contribution is 5.73. The third kappa shape index (κ3) is 1.67. The highest BCUT2D eigenvalue weighted by Crippen LogP contribution is 2.20. The van der Waals surface area contributed by atoms with Crippen LogP contribution in [0.5, 0.6) is 0 Å². The number of hydrogen-bond acceptors (Lipinski definition) is 3. The van der Waals surface area contributed by atoms with Gasteiger partial charge < -0.3 is 0 Å². The maximum absolute atomic E-state index is 10.6. The van der Waals surface area contributed by atoms with Crippen LogP contribution in [0.15, 0.2) is 12.4 Å². The highest BCUT2D eigenvalue weighted by Gasteiger charge is 2.19. The fourth-order valence-corrected chi connectivity index (χ4v) is 1.01. The summed E-state index contributed by atoms with van der Waals surface area (Å²) in [5.41, 5.74) is 1.06. The first-order valence-electron chi connectivity index (χ1n) is 3.82. The number of nitrogens with zero attached hydrogens (tertiary/aromatic N) is 2. The Hall–Kier alpha value is -1.25. The molecule has 64 valence electrons. The lowest BCUT2D eigenvalue weighted by atomic mass is 9.90. The second-order valence-electron chi connectivity index (χ2n) is 3.66. The van der Waals surface area contributed by atoms with Crippen molar-refractivity contribution in [3.8, 4) is 0 Å². The van der Waals surface area contributed by atoms with Crippen LogP contribution in [0.25, 0.3) is 0 Å². The average Bonchev–Trinajstić information content (AvgIpc) is 2.03. The van der Waals surface area contributed by atoms with E-state index in [9.17, 15) is 4.79 Å². The van der Waals surface area contributed by atoms with Gasteiger partial charge in [0.25, 0.3) is 0 Å². The zero-order valence-corrected chi connectivity index (χ0v) is 7.53. The third-order valence-electron chi connectivity index (χ3n) is 1.55. The normalized spacial score (nSPS) is 11.2. The van der Waals surface area contributed by atoms with Crippen molar-refractivity contribution >= 4 is 6.29 Å². The van der Waals surface area contributed by atoms with Crippen LogP contribution in [0.1, 0.15) is 37.0 Å². The number of carbonyl (C=O) groups excluding carboxylic acids is 1. The minimum Gasteiger partial charge on any atom is -0.296 e. The zero-order valence-electron chi connectivity index (χ0n) is 7.53. The molecule has 0 spiro atoms. The molecule has 0 aliphatic rings. The Morgan fingerprint density at radius 3 is 2.25 bits per heavy atom. The Morgan fingerprint density at radius 1 is 1.25 bits per heavy atom. The van der Waals surface area contributed by atoms with E-state index in [2.05, 4.69) is 9.97 Å². The second-order valence-corrected chi connectivity index (χ2v) is 3.66. The van der Waals surface area contributed by atoms with Gasteiger partial charge in [0.05, 0.1) is 5.69 Å². The number of rotatable bonds is 1. The standard InChI is InChI=1S/C9H12N2O/c1-9(2,3)8-7(6-12)10-4-5-11-8/h4-6H,1-3H3. The van der Waals surface area contributed by atoms with E-state index >= 15 is 0 Å². The van der Waals surface area contributed by atoms with Crippen LogP contribution in [-0.2, 0) is 5.41 Å². The van der Waals surface area contributed by atoms with Crippen molar-refractivity contribution in [2.45, 2.75) is 26.2 Å². The number of aldehydes is 1. The van der Waals surface area contributed by atoms with Gasteiger partial charge in [0.15, 0.2) is 6.29 Å². The van der Waals surface area contributed by atoms with Crippen LogP contribution < -0.4 is 0 Å². The van der Waals surface area contributed by atoms with Crippen LogP contribution in [0.4, 0.5) is 0 Å². The van der Waals surface area contributed by atoms with E-state index in [1.807, 2.05) is 20.8 Å². The van der Waals surface area contributed by atoms with Crippen molar-refractivity contribution in [3.63, 3.8) is 0 Å². The molecule has 1 aromatic heterocycles. The van der Waals surface area contributed by atoms with Gasteiger partial charge in [0.2, 0.25) is 0 Å². The van der Waals surface area contributed by atoms with Gasteiger partial charge in [-0.25, -0.2) is 4.98 Å². The maximum atomic E-state index is 10.6. The lowest BCUT2D eigenvalue weighted by Crippen LogP contribution is -2.17. The fourth-order valence-electron chi connectivity index (χ4n) is 1.01. The molecule has 0 aromatic carbocycles. The fraction of sp³-hybridized carbons (Fsp3) is 0.444. The predicted molar refractivity (Wildman–Crippen MR) is 46.1 cm³/mol. The van der Waals surface area contributed by atoms with E-state index in [0.29, 0.717) is 5.69 Å². The van der Waals surface area contributed by atoms with E-state index < -0.39 is 0 Å². The number of aromatic nitrogens is 2. The molecule has 0 amide bonds. The van der Waals surface area contributed by atoms with Gasteiger partial charge >= 0.3 is 0 Å². The van der Waals surface area contributed by atoms with Crippen LogP contribution in [0, 0.1) is 0 Å². The topological polar surface area (TPSA) is 42.9 Å². The molecular weight excluding hydrogens is 152 g/mol. The number of carbonyl (C=O) groups is 1. The molecule has 0 atom stereocenters. The Labute approximate surface area is 71.9 Å². The SMILES string of the molecule is CC(C)(C)c1nccnc1C=O. The van der Waals surface area contributed by atoms with E-state index in [4.69, 9.17) is 0 Å². The predicted octanol–water partition coefficient (Wildman–Crippen LogP) is 1.59. The minimum atomic E-state index is -0.121. The first-order valence-corrected chi connectivity index (χ1v) is 3.82. The van der Waals surface area contributed by atoms with Gasteiger partial charge in [-0.2, -0.15) is 0 Å². The molecule has 0 saturated heterocycles. The van der Waals surface area contributed by atoms with Gasteiger partial charge in [-0.15, -0.1) is 0 Å². The van der Waals surface area contributed by atoms with Gasteiger partial charge in [0.1, 0.15) is 5.69 Å². The van der Waals surface area contributed by atoms with Crippen LogP contribution in [0.3, 0.4) is 0 Å². The lowest BCUT2D eigenvalue weighted by Gasteiger charge is -2.17.